The number of nitrogens with zero attached hydrogens (tertiary/aromatic N) is 5. The normalized spacial score (nSPS) is 15.3. The summed E-state index contributed by atoms with van der Waals surface area (Å²) < 4.78 is 2.37. The lowest BCUT2D eigenvalue weighted by molar-refractivity contribution is 0.738. The van der Waals surface area contributed by atoms with E-state index in [2.05, 4.69) is 133 Å². The van der Waals surface area contributed by atoms with Gasteiger partial charge in [0.25, 0.3) is 0 Å². The third-order valence-corrected chi connectivity index (χ3v) is 10.4. The molecule has 0 radical (unpaired) electrons. The van der Waals surface area contributed by atoms with Crippen LogP contribution in [0, 0.1) is 0 Å². The van der Waals surface area contributed by atoms with Crippen molar-refractivity contribution >= 4 is 16.6 Å². The van der Waals surface area contributed by atoms with Gasteiger partial charge in [0.1, 0.15) is 11.2 Å². The van der Waals surface area contributed by atoms with Crippen molar-refractivity contribution in [1.29, 1.82) is 0 Å². The molecule has 10 rings (SSSR count). The molecule has 6 aromatic carbocycles. The largest absolute Gasteiger partial charge is 0.295 e. The van der Waals surface area contributed by atoms with Gasteiger partial charge in [-0.2, -0.15) is 0 Å². The van der Waals surface area contributed by atoms with Crippen LogP contribution in [0.1, 0.15) is 28.3 Å². The summed E-state index contributed by atoms with van der Waals surface area (Å²) in [6, 6.07) is 51.4. The van der Waals surface area contributed by atoms with Crippen LogP contribution in [0.15, 0.2) is 177 Å². The quantitative estimate of drug-likeness (QED) is 0.166. The molecule has 1 atom stereocenters. The van der Waals surface area contributed by atoms with Crippen molar-refractivity contribution in [3.05, 3.63) is 205 Å². The SMILES string of the molecule is C=C/C=C(\C=C)c1nc(-c2ccccc2)nc(-c2cccc(-c3ccc4c(c3)C3(c5ccccc5-4)c4ccccc4-n4c3nc3ccccc34)c2)n1. The summed E-state index contributed by atoms with van der Waals surface area (Å²) >= 11 is 0. The summed E-state index contributed by atoms with van der Waals surface area (Å²) in [7, 11) is 0. The second-order valence-electron chi connectivity index (χ2n) is 13.1. The number of allylic oxidation sites excluding steroid dienone is 4. The molecule has 2 aliphatic rings. The van der Waals surface area contributed by atoms with Gasteiger partial charge in [-0.05, 0) is 69.3 Å². The molecule has 1 spiro atoms. The maximum Gasteiger partial charge on any atom is 0.164 e. The molecule has 0 saturated carbocycles. The molecule has 1 aliphatic carbocycles. The first-order valence-corrected chi connectivity index (χ1v) is 17.4. The summed E-state index contributed by atoms with van der Waals surface area (Å²) in [5.74, 6) is 2.77. The summed E-state index contributed by atoms with van der Waals surface area (Å²) in [5.41, 5.74) is 13.7. The topological polar surface area (TPSA) is 56.5 Å². The Bertz CT molecular complexity index is 2790. The van der Waals surface area contributed by atoms with Gasteiger partial charge in [0, 0.05) is 16.7 Å². The zero-order valence-electron chi connectivity index (χ0n) is 28.2. The van der Waals surface area contributed by atoms with Crippen molar-refractivity contribution in [1.82, 2.24) is 24.5 Å². The number of fused-ring (bicyclic) bond motifs is 12. The van der Waals surface area contributed by atoms with Gasteiger partial charge >= 0.3 is 0 Å². The van der Waals surface area contributed by atoms with Gasteiger partial charge in [-0.1, -0.05) is 147 Å². The minimum atomic E-state index is -0.568. The molecule has 52 heavy (non-hydrogen) atoms. The van der Waals surface area contributed by atoms with Crippen LogP contribution in [-0.4, -0.2) is 24.5 Å². The minimum absolute atomic E-state index is 0.546. The molecule has 5 nitrogen and oxygen atoms in total. The van der Waals surface area contributed by atoms with Crippen LogP contribution in [0.5, 0.6) is 0 Å². The van der Waals surface area contributed by atoms with Gasteiger partial charge in [0.15, 0.2) is 17.5 Å². The molecule has 3 heterocycles. The summed E-state index contributed by atoms with van der Waals surface area (Å²) in [5, 5.41) is 0. The van der Waals surface area contributed by atoms with E-state index in [1.807, 2.05) is 36.4 Å². The highest BCUT2D eigenvalue weighted by atomic mass is 15.1. The predicted molar refractivity (Wildman–Crippen MR) is 210 cm³/mol. The summed E-state index contributed by atoms with van der Waals surface area (Å²) in [4.78, 5) is 20.2. The fourth-order valence-corrected chi connectivity index (χ4v) is 8.17. The van der Waals surface area contributed by atoms with Crippen molar-refractivity contribution in [3.63, 3.8) is 0 Å². The van der Waals surface area contributed by atoms with Crippen LogP contribution >= 0.6 is 0 Å². The maximum absolute atomic E-state index is 5.40. The second-order valence-corrected chi connectivity index (χ2v) is 13.1. The Morgan fingerprint density at radius 3 is 2.06 bits per heavy atom. The van der Waals surface area contributed by atoms with Gasteiger partial charge in [-0.15, -0.1) is 0 Å². The average molecular weight is 666 g/mol. The molecule has 8 aromatic rings. The first kappa shape index (κ1) is 29.9. The van der Waals surface area contributed by atoms with E-state index in [0.717, 1.165) is 44.7 Å². The van der Waals surface area contributed by atoms with Crippen molar-refractivity contribution in [2.24, 2.45) is 0 Å². The molecule has 0 bridgehead atoms. The minimum Gasteiger partial charge on any atom is -0.295 e. The monoisotopic (exact) mass is 665 g/mol. The average Bonchev–Trinajstić information content (AvgIpc) is 3.83. The van der Waals surface area contributed by atoms with E-state index in [9.17, 15) is 0 Å². The van der Waals surface area contributed by atoms with E-state index in [1.54, 1.807) is 12.2 Å². The Kier molecular flexibility index (Phi) is 6.63. The van der Waals surface area contributed by atoms with Crippen LogP contribution in [0.4, 0.5) is 0 Å². The number of para-hydroxylation sites is 3. The lowest BCUT2D eigenvalue weighted by Gasteiger charge is -2.27. The lowest BCUT2D eigenvalue weighted by atomic mass is 9.72. The molecule has 0 fully saturated rings. The number of benzene rings is 6. The molecule has 0 saturated heterocycles. The van der Waals surface area contributed by atoms with Crippen molar-refractivity contribution < 1.29 is 0 Å². The Labute approximate surface area is 301 Å². The van der Waals surface area contributed by atoms with E-state index < -0.39 is 5.41 Å². The van der Waals surface area contributed by atoms with E-state index in [-0.39, 0.29) is 0 Å². The van der Waals surface area contributed by atoms with Gasteiger partial charge in [0.05, 0.1) is 16.7 Å². The molecule has 0 amide bonds. The van der Waals surface area contributed by atoms with Gasteiger partial charge in [-0.3, -0.25) is 4.57 Å². The molecule has 2 aromatic heterocycles. The highest BCUT2D eigenvalue weighted by molar-refractivity contribution is 5.93. The van der Waals surface area contributed by atoms with Crippen LogP contribution in [0.2, 0.25) is 0 Å². The fraction of sp³-hybridized carbons (Fsp3) is 0.0213. The molecule has 1 aliphatic heterocycles. The number of imidazole rings is 1. The number of rotatable bonds is 6. The molecule has 1 unspecified atom stereocenters. The Hall–Kier alpha value is -6.98. The number of hydrogen-bond donors (Lipinski definition) is 0. The van der Waals surface area contributed by atoms with Crippen LogP contribution < -0.4 is 0 Å². The molecular weight excluding hydrogens is 635 g/mol. The van der Waals surface area contributed by atoms with Gasteiger partial charge in [0.2, 0.25) is 0 Å². The fourth-order valence-electron chi connectivity index (χ4n) is 8.17. The first-order valence-electron chi connectivity index (χ1n) is 17.4. The smallest absolute Gasteiger partial charge is 0.164 e. The van der Waals surface area contributed by atoms with Gasteiger partial charge < -0.3 is 0 Å². The third-order valence-electron chi connectivity index (χ3n) is 10.4. The summed E-state index contributed by atoms with van der Waals surface area (Å²) in [6.07, 6.45) is 5.34. The zero-order valence-corrected chi connectivity index (χ0v) is 28.2. The highest BCUT2D eigenvalue weighted by Gasteiger charge is 2.54. The first-order chi connectivity index (χ1) is 25.7. The Morgan fingerprint density at radius 2 is 1.21 bits per heavy atom. The third kappa shape index (κ3) is 4.23. The van der Waals surface area contributed by atoms with Crippen molar-refractivity contribution in [3.8, 4) is 50.7 Å². The maximum atomic E-state index is 5.40. The number of aromatic nitrogens is 5. The summed E-state index contributed by atoms with van der Waals surface area (Å²) in [6.45, 7) is 7.89. The standard InChI is InChI=1S/C47H31N5/c1-3-15-30(4-2)43-49-44(31-16-6-5-7-17-31)51-45(50-43)34-19-14-18-32(28-34)33-26-27-36-35-20-8-9-21-37(35)47(39(36)29-33)38-22-10-12-24-41(38)52-42-25-13-11-23-40(42)48-46(47)52/h3-29H,1-2H2/b30-15+. The predicted octanol–water partition coefficient (Wildman–Crippen LogP) is 10.6. The van der Waals surface area contributed by atoms with Crippen LogP contribution in [0.25, 0.3) is 67.3 Å². The van der Waals surface area contributed by atoms with Gasteiger partial charge in [-0.25, -0.2) is 19.9 Å². The molecule has 244 valence electrons. The van der Waals surface area contributed by atoms with Crippen LogP contribution in [-0.2, 0) is 5.41 Å². The van der Waals surface area contributed by atoms with Crippen LogP contribution in [0.3, 0.4) is 0 Å². The number of hydrogen-bond acceptors (Lipinski definition) is 4. The zero-order chi connectivity index (χ0) is 34.8. The molecular formula is C47H31N5. The second kappa shape index (κ2) is 11.5. The van der Waals surface area contributed by atoms with E-state index >= 15 is 0 Å². The Balaban J connectivity index is 1.17. The van der Waals surface area contributed by atoms with Crippen molar-refractivity contribution in [2.75, 3.05) is 0 Å². The lowest BCUT2D eigenvalue weighted by Crippen LogP contribution is -2.27. The van der Waals surface area contributed by atoms with E-state index in [1.165, 1.54) is 33.5 Å². The van der Waals surface area contributed by atoms with E-state index in [0.29, 0.717) is 17.5 Å². The van der Waals surface area contributed by atoms with Crippen molar-refractivity contribution in [2.45, 2.75) is 5.41 Å². The highest BCUT2D eigenvalue weighted by Crippen LogP contribution is 2.60. The molecule has 5 heteroatoms. The van der Waals surface area contributed by atoms with E-state index in [4.69, 9.17) is 19.9 Å². The Morgan fingerprint density at radius 1 is 0.538 bits per heavy atom. The molecule has 0 N–H and O–H groups in total.